The van der Waals surface area contributed by atoms with Crippen molar-refractivity contribution in [1.82, 2.24) is 0 Å². The molecule has 0 N–H and O–H groups in total. The van der Waals surface area contributed by atoms with Gasteiger partial charge in [0.1, 0.15) is 0 Å². The highest BCUT2D eigenvalue weighted by molar-refractivity contribution is 8.13. The van der Waals surface area contributed by atoms with Gasteiger partial charge in [-0.25, -0.2) is 0 Å². The molecule has 124 valence electrons. The normalized spacial score (nSPS) is 23.9. The van der Waals surface area contributed by atoms with E-state index in [1.807, 2.05) is 6.07 Å². The number of anilines is 1. The standard InChI is InChI=1S/C20H21NO2S/c1-14-11-21(19(12-23-14)15-5-3-2-4-6-15)18-8-7-16-13-24-20(22)10-17(16)9-18/h2-9,14,19H,10-13H2,1H3/t14-,19+/m1/s1. The summed E-state index contributed by atoms with van der Waals surface area (Å²) in [4.78, 5) is 14.2. The molecule has 4 heteroatoms. The summed E-state index contributed by atoms with van der Waals surface area (Å²) >= 11 is 1.43. The molecule has 4 rings (SSSR count). The number of hydrogen-bond acceptors (Lipinski definition) is 4. The zero-order valence-electron chi connectivity index (χ0n) is 13.8. The lowest BCUT2D eigenvalue weighted by atomic mass is 10.00. The number of thioether (sulfide) groups is 1. The summed E-state index contributed by atoms with van der Waals surface area (Å²) < 4.78 is 5.93. The van der Waals surface area contributed by atoms with E-state index in [0.717, 1.165) is 12.3 Å². The van der Waals surface area contributed by atoms with E-state index in [-0.39, 0.29) is 17.3 Å². The van der Waals surface area contributed by atoms with Gasteiger partial charge in [0.15, 0.2) is 5.12 Å². The SMILES string of the molecule is C[C@@H]1CN(c2ccc3c(c2)CC(=O)SC3)[C@H](c2ccccc2)CO1. The zero-order valence-corrected chi connectivity index (χ0v) is 14.6. The Kier molecular flexibility index (Phi) is 4.33. The summed E-state index contributed by atoms with van der Waals surface area (Å²) in [5.41, 5.74) is 4.94. The molecule has 0 saturated carbocycles. The highest BCUT2D eigenvalue weighted by Gasteiger charge is 2.29. The summed E-state index contributed by atoms with van der Waals surface area (Å²) in [7, 11) is 0. The lowest BCUT2D eigenvalue weighted by molar-refractivity contribution is -0.110. The van der Waals surface area contributed by atoms with Gasteiger partial charge >= 0.3 is 0 Å². The van der Waals surface area contributed by atoms with E-state index in [9.17, 15) is 4.79 Å². The average Bonchev–Trinajstić information content (AvgIpc) is 2.61. The van der Waals surface area contributed by atoms with Crippen LogP contribution < -0.4 is 4.90 Å². The predicted octanol–water partition coefficient (Wildman–Crippen LogP) is 3.97. The number of benzene rings is 2. The first-order valence-corrected chi connectivity index (χ1v) is 9.40. The van der Waals surface area contributed by atoms with Gasteiger partial charge in [-0.15, -0.1) is 0 Å². The van der Waals surface area contributed by atoms with Gasteiger partial charge in [-0.3, -0.25) is 4.79 Å². The number of carbonyl (C=O) groups is 1. The summed E-state index contributed by atoms with van der Waals surface area (Å²) in [6.45, 7) is 3.67. The first kappa shape index (κ1) is 15.7. The maximum absolute atomic E-state index is 11.8. The van der Waals surface area contributed by atoms with Crippen molar-refractivity contribution >= 4 is 22.6 Å². The molecule has 3 nitrogen and oxygen atoms in total. The van der Waals surface area contributed by atoms with Gasteiger partial charge in [-0.2, -0.15) is 0 Å². The highest BCUT2D eigenvalue weighted by Crippen LogP contribution is 2.35. The van der Waals surface area contributed by atoms with Crippen LogP contribution in [0.25, 0.3) is 0 Å². The van der Waals surface area contributed by atoms with Crippen molar-refractivity contribution in [1.29, 1.82) is 0 Å². The molecule has 2 aromatic rings. The van der Waals surface area contributed by atoms with E-state index in [1.54, 1.807) is 0 Å². The highest BCUT2D eigenvalue weighted by atomic mass is 32.2. The molecule has 2 aliphatic rings. The lowest BCUT2D eigenvalue weighted by Crippen LogP contribution is -2.43. The number of rotatable bonds is 2. The minimum Gasteiger partial charge on any atom is -0.374 e. The predicted molar refractivity (Wildman–Crippen MR) is 98.4 cm³/mol. The summed E-state index contributed by atoms with van der Waals surface area (Å²) in [6, 6.07) is 17.3. The quantitative estimate of drug-likeness (QED) is 0.828. The maximum atomic E-state index is 11.8. The minimum atomic E-state index is 0.207. The lowest BCUT2D eigenvalue weighted by Gasteiger charge is -2.41. The van der Waals surface area contributed by atoms with Crippen LogP contribution in [-0.4, -0.2) is 24.4 Å². The third-order valence-corrected chi connectivity index (χ3v) is 5.72. The number of hydrogen-bond donors (Lipinski definition) is 0. The molecule has 0 aliphatic carbocycles. The van der Waals surface area contributed by atoms with Crippen molar-refractivity contribution in [2.75, 3.05) is 18.1 Å². The Hall–Kier alpha value is -1.78. The molecule has 2 heterocycles. The van der Waals surface area contributed by atoms with E-state index in [2.05, 4.69) is 54.3 Å². The van der Waals surface area contributed by atoms with Gasteiger partial charge in [0.25, 0.3) is 0 Å². The molecule has 0 amide bonds. The van der Waals surface area contributed by atoms with E-state index >= 15 is 0 Å². The average molecular weight is 339 g/mol. The molecule has 0 aromatic heterocycles. The van der Waals surface area contributed by atoms with E-state index < -0.39 is 0 Å². The van der Waals surface area contributed by atoms with Gasteiger partial charge in [0, 0.05) is 24.4 Å². The fourth-order valence-electron chi connectivity index (χ4n) is 3.50. The van der Waals surface area contributed by atoms with E-state index in [0.29, 0.717) is 13.0 Å². The fourth-order valence-corrected chi connectivity index (χ4v) is 4.36. The molecule has 0 radical (unpaired) electrons. The molecule has 1 saturated heterocycles. The molecular formula is C20H21NO2S. The Labute approximate surface area is 147 Å². The van der Waals surface area contributed by atoms with Crippen LogP contribution in [0.2, 0.25) is 0 Å². The van der Waals surface area contributed by atoms with Gasteiger partial charge in [-0.05, 0) is 35.7 Å². The minimum absolute atomic E-state index is 0.207. The Balaban J connectivity index is 1.69. The second kappa shape index (κ2) is 6.61. The number of fused-ring (bicyclic) bond motifs is 1. The van der Waals surface area contributed by atoms with Crippen LogP contribution in [0.3, 0.4) is 0 Å². The first-order chi connectivity index (χ1) is 11.7. The van der Waals surface area contributed by atoms with Crippen LogP contribution in [0.1, 0.15) is 29.7 Å². The Morgan fingerprint density at radius 1 is 1.12 bits per heavy atom. The Bertz CT molecular complexity index is 747. The molecule has 2 atom stereocenters. The smallest absolute Gasteiger partial charge is 0.193 e. The maximum Gasteiger partial charge on any atom is 0.193 e. The molecule has 0 spiro atoms. The van der Waals surface area contributed by atoms with E-state index in [4.69, 9.17) is 4.74 Å². The number of morpholine rings is 1. The molecule has 1 fully saturated rings. The summed E-state index contributed by atoms with van der Waals surface area (Å²) in [6.07, 6.45) is 0.752. The first-order valence-electron chi connectivity index (χ1n) is 8.41. The Morgan fingerprint density at radius 2 is 1.96 bits per heavy atom. The third kappa shape index (κ3) is 3.08. The van der Waals surface area contributed by atoms with Crippen LogP contribution in [0, 0.1) is 0 Å². The molecule has 2 aliphatic heterocycles. The van der Waals surface area contributed by atoms with Crippen LogP contribution >= 0.6 is 11.8 Å². The topological polar surface area (TPSA) is 29.5 Å². The van der Waals surface area contributed by atoms with Crippen LogP contribution in [0.15, 0.2) is 48.5 Å². The zero-order chi connectivity index (χ0) is 16.5. The molecule has 2 aromatic carbocycles. The second-order valence-electron chi connectivity index (χ2n) is 6.51. The van der Waals surface area contributed by atoms with Crippen LogP contribution in [0.4, 0.5) is 5.69 Å². The Morgan fingerprint density at radius 3 is 2.79 bits per heavy atom. The van der Waals surface area contributed by atoms with Crippen molar-refractivity contribution < 1.29 is 9.53 Å². The third-order valence-electron chi connectivity index (χ3n) is 4.80. The van der Waals surface area contributed by atoms with Crippen molar-refractivity contribution in [2.24, 2.45) is 0 Å². The van der Waals surface area contributed by atoms with Gasteiger partial charge in [0.2, 0.25) is 0 Å². The molecule has 24 heavy (non-hydrogen) atoms. The summed E-state index contributed by atoms with van der Waals surface area (Å²) in [5, 5.41) is 0.273. The number of carbonyl (C=O) groups excluding carboxylic acids is 1. The van der Waals surface area contributed by atoms with Crippen molar-refractivity contribution in [3.63, 3.8) is 0 Å². The van der Waals surface area contributed by atoms with Crippen molar-refractivity contribution in [3.05, 3.63) is 65.2 Å². The van der Waals surface area contributed by atoms with E-state index in [1.165, 1.54) is 34.1 Å². The number of nitrogens with zero attached hydrogens (tertiary/aromatic N) is 1. The van der Waals surface area contributed by atoms with Crippen molar-refractivity contribution in [2.45, 2.75) is 31.2 Å². The largest absolute Gasteiger partial charge is 0.374 e. The van der Waals surface area contributed by atoms with Gasteiger partial charge in [0.05, 0.1) is 18.8 Å². The molecule has 0 bridgehead atoms. The van der Waals surface area contributed by atoms with Gasteiger partial charge in [-0.1, -0.05) is 48.2 Å². The van der Waals surface area contributed by atoms with Crippen LogP contribution in [-0.2, 0) is 21.7 Å². The monoisotopic (exact) mass is 339 g/mol. The van der Waals surface area contributed by atoms with Gasteiger partial charge < -0.3 is 9.64 Å². The molecular weight excluding hydrogens is 318 g/mol. The van der Waals surface area contributed by atoms with Crippen molar-refractivity contribution in [3.8, 4) is 0 Å². The fraction of sp³-hybridized carbons (Fsp3) is 0.350. The second-order valence-corrected chi connectivity index (χ2v) is 7.55. The molecule has 0 unspecified atom stereocenters. The van der Waals surface area contributed by atoms with Crippen LogP contribution in [0.5, 0.6) is 0 Å². The number of ether oxygens (including phenoxy) is 1. The summed E-state index contributed by atoms with van der Waals surface area (Å²) in [5.74, 6) is 0.802.